The molecule has 1 aromatic carbocycles. The number of carbonyl (C=O) groups excluding carboxylic acids is 1. The molecule has 0 saturated heterocycles. The Kier molecular flexibility index (Phi) is 5.22. The van der Waals surface area contributed by atoms with Crippen molar-refractivity contribution in [2.75, 3.05) is 24.2 Å². The predicted octanol–water partition coefficient (Wildman–Crippen LogP) is 2.04. The lowest BCUT2D eigenvalue weighted by atomic mass is 9.70. The summed E-state index contributed by atoms with van der Waals surface area (Å²) in [5, 5.41) is 10.9. The van der Waals surface area contributed by atoms with Crippen molar-refractivity contribution in [3.05, 3.63) is 34.6 Å². The van der Waals surface area contributed by atoms with Crippen LogP contribution in [0.1, 0.15) is 39.5 Å². The lowest BCUT2D eigenvalue weighted by molar-refractivity contribution is -0.128. The fraction of sp³-hybridized carbons (Fsp3) is 0.571. The number of Topliss-reactive ketones (excluding diaryl/α,β-unsaturated/α-hetero) is 1. The Bertz CT molecular complexity index is 1140. The molecule has 2 aromatic rings. The van der Waals surface area contributed by atoms with Crippen molar-refractivity contribution in [3.63, 3.8) is 0 Å². The first-order valence-electron chi connectivity index (χ1n) is 10.4. The highest BCUT2D eigenvalue weighted by molar-refractivity contribution is 7.89. The number of carbonyl (C=O) groups is 1. The van der Waals surface area contributed by atoms with Gasteiger partial charge in [-0.05, 0) is 36.7 Å². The van der Waals surface area contributed by atoms with E-state index in [9.17, 15) is 18.0 Å². The predicted molar refractivity (Wildman–Crippen MR) is 116 cm³/mol. The molecule has 30 heavy (non-hydrogen) atoms. The first kappa shape index (κ1) is 21.0. The first-order chi connectivity index (χ1) is 14.2. The molecule has 2 aliphatic rings. The van der Waals surface area contributed by atoms with Crippen LogP contribution in [-0.4, -0.2) is 43.2 Å². The molecule has 0 spiro atoms. The van der Waals surface area contributed by atoms with Crippen molar-refractivity contribution in [3.8, 4) is 0 Å². The van der Waals surface area contributed by atoms with Gasteiger partial charge in [-0.25, -0.2) is 18.2 Å². The molecule has 1 heterocycles. The summed E-state index contributed by atoms with van der Waals surface area (Å²) in [4.78, 5) is 24.4. The molecule has 2 saturated carbocycles. The molecule has 0 radical (unpaired) electrons. The number of aromatic amines is 1. The maximum absolute atomic E-state index is 12.7. The zero-order valence-corrected chi connectivity index (χ0v) is 18.1. The van der Waals surface area contributed by atoms with Gasteiger partial charge in [-0.2, -0.15) is 5.10 Å². The van der Waals surface area contributed by atoms with E-state index in [1.54, 1.807) is 12.1 Å². The second-order valence-corrected chi connectivity index (χ2v) is 10.9. The molecule has 162 valence electrons. The fourth-order valence-corrected chi connectivity index (χ4v) is 7.14. The Morgan fingerprint density at radius 3 is 2.57 bits per heavy atom. The third-order valence-electron chi connectivity index (χ3n) is 7.24. The molecule has 1 aromatic heterocycles. The van der Waals surface area contributed by atoms with Crippen LogP contribution in [0.2, 0.25) is 0 Å². The van der Waals surface area contributed by atoms with Crippen LogP contribution >= 0.6 is 0 Å². The average Bonchev–Trinajstić information content (AvgIpc) is 3.03. The van der Waals surface area contributed by atoms with Crippen LogP contribution in [0, 0.1) is 16.7 Å². The van der Waals surface area contributed by atoms with Gasteiger partial charge in [0.25, 0.3) is 5.56 Å². The lowest BCUT2D eigenvalue weighted by Crippen LogP contribution is -2.45. The maximum atomic E-state index is 12.7. The van der Waals surface area contributed by atoms with E-state index in [0.717, 1.165) is 11.8 Å². The highest BCUT2D eigenvalue weighted by atomic mass is 32.2. The number of ketones is 1. The summed E-state index contributed by atoms with van der Waals surface area (Å²) in [7, 11) is -3.56. The number of benzene rings is 1. The Balaban J connectivity index is 1.32. The Morgan fingerprint density at radius 2 is 1.90 bits per heavy atom. The Labute approximate surface area is 175 Å². The summed E-state index contributed by atoms with van der Waals surface area (Å²) in [5.74, 6) is 0.833. The fourth-order valence-electron chi connectivity index (χ4n) is 5.26. The van der Waals surface area contributed by atoms with Gasteiger partial charge in [0, 0.05) is 30.3 Å². The van der Waals surface area contributed by atoms with E-state index in [1.165, 1.54) is 0 Å². The van der Waals surface area contributed by atoms with Crippen LogP contribution in [0.3, 0.4) is 0 Å². The summed E-state index contributed by atoms with van der Waals surface area (Å²) in [6.07, 6.45) is 2.64. The second-order valence-electron chi connectivity index (χ2n) is 9.05. The molecular weight excluding hydrogens is 404 g/mol. The standard InChI is InChI=1S/C21H28N4O4S/c1-20(2)14-8-9-21(20,17(26)12-14)13-30(28,29)23-11-5-10-22-18-15-6-3-4-7-16(15)19(27)25-24-18/h3-4,6-7,14,23H,5,8-13H2,1-2H3,(H,22,24)(H,25,27)/t14-,21-/m0/s1. The lowest BCUT2D eigenvalue weighted by Gasteiger charge is -2.36. The molecule has 0 amide bonds. The highest BCUT2D eigenvalue weighted by Gasteiger charge is 2.65. The second kappa shape index (κ2) is 7.46. The smallest absolute Gasteiger partial charge is 0.272 e. The zero-order chi connectivity index (χ0) is 21.6. The molecule has 4 rings (SSSR count). The van der Waals surface area contributed by atoms with E-state index in [0.29, 0.717) is 42.9 Å². The average molecular weight is 433 g/mol. The molecule has 2 fully saturated rings. The summed E-state index contributed by atoms with van der Waals surface area (Å²) >= 11 is 0. The third kappa shape index (κ3) is 3.43. The normalized spacial score (nSPS) is 25.1. The Morgan fingerprint density at radius 1 is 1.17 bits per heavy atom. The van der Waals surface area contributed by atoms with Gasteiger partial charge in [0.1, 0.15) is 5.78 Å². The van der Waals surface area contributed by atoms with E-state index in [1.807, 2.05) is 26.0 Å². The number of nitrogens with one attached hydrogen (secondary N) is 3. The van der Waals surface area contributed by atoms with E-state index in [-0.39, 0.29) is 29.1 Å². The molecule has 9 heteroatoms. The Hall–Kier alpha value is -2.26. The van der Waals surface area contributed by atoms with Gasteiger partial charge < -0.3 is 5.32 Å². The van der Waals surface area contributed by atoms with Crippen LogP contribution in [-0.2, 0) is 14.8 Å². The number of hydrogen-bond acceptors (Lipinski definition) is 6. The number of sulfonamides is 1. The summed E-state index contributed by atoms with van der Waals surface area (Å²) in [5.41, 5.74) is -1.26. The number of rotatable bonds is 8. The molecule has 8 nitrogen and oxygen atoms in total. The van der Waals surface area contributed by atoms with Gasteiger partial charge in [0.05, 0.1) is 11.1 Å². The monoisotopic (exact) mass is 432 g/mol. The highest BCUT2D eigenvalue weighted by Crippen LogP contribution is 2.64. The van der Waals surface area contributed by atoms with E-state index >= 15 is 0 Å². The number of anilines is 1. The summed E-state index contributed by atoms with van der Waals surface area (Å²) in [6, 6.07) is 7.17. The largest absolute Gasteiger partial charge is 0.368 e. The third-order valence-corrected chi connectivity index (χ3v) is 8.76. The van der Waals surface area contributed by atoms with Crippen LogP contribution in [0.5, 0.6) is 0 Å². The van der Waals surface area contributed by atoms with Gasteiger partial charge in [0.15, 0.2) is 5.82 Å². The maximum Gasteiger partial charge on any atom is 0.272 e. The van der Waals surface area contributed by atoms with Crippen LogP contribution in [0.25, 0.3) is 10.8 Å². The molecule has 2 aliphatic carbocycles. The van der Waals surface area contributed by atoms with Crippen molar-refractivity contribution in [2.24, 2.45) is 16.7 Å². The molecule has 3 N–H and O–H groups in total. The van der Waals surface area contributed by atoms with E-state index in [4.69, 9.17) is 0 Å². The van der Waals surface area contributed by atoms with Crippen LogP contribution < -0.4 is 15.6 Å². The molecule has 2 atom stereocenters. The molecule has 0 aliphatic heterocycles. The topological polar surface area (TPSA) is 121 Å². The van der Waals surface area contributed by atoms with Crippen molar-refractivity contribution < 1.29 is 13.2 Å². The molecular formula is C21H28N4O4S. The summed E-state index contributed by atoms with van der Waals surface area (Å²) in [6.45, 7) is 4.83. The zero-order valence-electron chi connectivity index (χ0n) is 17.3. The quantitative estimate of drug-likeness (QED) is 0.549. The van der Waals surface area contributed by atoms with Gasteiger partial charge in [0.2, 0.25) is 10.0 Å². The summed E-state index contributed by atoms with van der Waals surface area (Å²) < 4.78 is 28.1. The minimum absolute atomic E-state index is 0.104. The van der Waals surface area contributed by atoms with Crippen molar-refractivity contribution in [1.82, 2.24) is 14.9 Å². The van der Waals surface area contributed by atoms with Crippen molar-refractivity contribution in [2.45, 2.75) is 39.5 Å². The number of H-pyrrole nitrogens is 1. The number of aromatic nitrogens is 2. The first-order valence-corrected chi connectivity index (χ1v) is 12.0. The SMILES string of the molecule is CC1(C)[C@H]2CC[C@]1(CS(=O)(=O)NCCCNc1n[nH]c(=O)c3ccccc13)C(=O)C2. The minimum Gasteiger partial charge on any atom is -0.368 e. The molecule has 0 unspecified atom stereocenters. The van der Waals surface area contributed by atoms with Crippen molar-refractivity contribution >= 4 is 32.4 Å². The van der Waals surface area contributed by atoms with Crippen LogP contribution in [0.4, 0.5) is 5.82 Å². The van der Waals surface area contributed by atoms with Crippen molar-refractivity contribution in [1.29, 1.82) is 0 Å². The van der Waals surface area contributed by atoms with Gasteiger partial charge >= 0.3 is 0 Å². The van der Waals surface area contributed by atoms with Gasteiger partial charge in [-0.15, -0.1) is 0 Å². The van der Waals surface area contributed by atoms with Gasteiger partial charge in [-0.1, -0.05) is 32.0 Å². The van der Waals surface area contributed by atoms with E-state index in [2.05, 4.69) is 20.2 Å². The minimum atomic E-state index is -3.56. The number of nitrogens with zero attached hydrogens (tertiary/aromatic N) is 1. The van der Waals surface area contributed by atoms with Crippen LogP contribution in [0.15, 0.2) is 29.1 Å². The molecule has 2 bridgehead atoms. The number of fused-ring (bicyclic) bond motifs is 3. The van der Waals surface area contributed by atoms with E-state index < -0.39 is 15.4 Å². The number of hydrogen-bond donors (Lipinski definition) is 3. The van der Waals surface area contributed by atoms with Gasteiger partial charge in [-0.3, -0.25) is 9.59 Å².